The summed E-state index contributed by atoms with van der Waals surface area (Å²) in [6.07, 6.45) is 3.42. The summed E-state index contributed by atoms with van der Waals surface area (Å²) >= 11 is 4.52. The first-order valence-electron chi connectivity index (χ1n) is 4.94. The van der Waals surface area contributed by atoms with Crippen LogP contribution in [0.4, 0.5) is 10.8 Å². The highest BCUT2D eigenvalue weighted by Gasteiger charge is 2.13. The number of aryl methyl sites for hydroxylation is 1. The third-order valence-electron chi connectivity index (χ3n) is 2.08. The Morgan fingerprint density at radius 2 is 2.33 bits per heavy atom. The fraction of sp³-hybridized carbons (Fsp3) is 0.182. The van der Waals surface area contributed by atoms with Gasteiger partial charge in [-0.15, -0.1) is 17.0 Å². The predicted molar refractivity (Wildman–Crippen MR) is 82.8 cm³/mol. The van der Waals surface area contributed by atoms with Crippen LogP contribution in [0.1, 0.15) is 15.4 Å². The fourth-order valence-corrected chi connectivity index (χ4v) is 2.72. The second kappa shape index (κ2) is 6.96. The molecule has 0 aromatic carbocycles. The Morgan fingerprint density at radius 3 is 2.94 bits per heavy atom. The van der Waals surface area contributed by atoms with Crippen molar-refractivity contribution in [3.8, 4) is 0 Å². The van der Waals surface area contributed by atoms with Crippen molar-refractivity contribution in [1.29, 1.82) is 0 Å². The smallest absolute Gasteiger partial charge is 0.188 e. The van der Waals surface area contributed by atoms with Gasteiger partial charge in [0.05, 0.1) is 27.8 Å². The van der Waals surface area contributed by atoms with E-state index in [1.165, 1.54) is 11.3 Å². The largest absolute Gasteiger partial charge is 0.330 e. The molecule has 2 heterocycles. The molecule has 0 saturated heterocycles. The van der Waals surface area contributed by atoms with Crippen molar-refractivity contribution >= 4 is 60.9 Å². The van der Waals surface area contributed by atoms with Gasteiger partial charge in [-0.3, -0.25) is 9.78 Å². The molecule has 0 bridgehead atoms. The lowest BCUT2D eigenvalue weighted by atomic mass is 10.3. The van der Waals surface area contributed by atoms with Crippen LogP contribution in [0.15, 0.2) is 24.5 Å². The van der Waals surface area contributed by atoms with Crippen molar-refractivity contribution in [2.45, 2.75) is 6.92 Å². The maximum atomic E-state index is 11.6. The number of carbonyl (C=O) groups excluding carboxylic acids is 1. The van der Waals surface area contributed by atoms with Crippen LogP contribution in [0.2, 0.25) is 0 Å². The third kappa shape index (κ3) is 3.60. The van der Waals surface area contributed by atoms with Crippen molar-refractivity contribution in [3.63, 3.8) is 0 Å². The summed E-state index contributed by atoms with van der Waals surface area (Å²) in [4.78, 5) is 20.6. The fourth-order valence-electron chi connectivity index (χ4n) is 1.33. The Bertz CT molecular complexity index is 530. The van der Waals surface area contributed by atoms with Crippen molar-refractivity contribution in [3.05, 3.63) is 35.1 Å². The van der Waals surface area contributed by atoms with Crippen LogP contribution in [0.25, 0.3) is 0 Å². The molecular formula is C11H11Br2N3OS. The molecule has 0 aliphatic carbocycles. The van der Waals surface area contributed by atoms with Crippen LogP contribution < -0.4 is 5.32 Å². The van der Waals surface area contributed by atoms with E-state index in [2.05, 4.69) is 31.2 Å². The van der Waals surface area contributed by atoms with Gasteiger partial charge in [0.25, 0.3) is 0 Å². The Balaban J connectivity index is 0.00000162. The average Bonchev–Trinajstić information content (AvgIpc) is 2.70. The monoisotopic (exact) mass is 391 g/mol. The van der Waals surface area contributed by atoms with Crippen LogP contribution in [-0.2, 0) is 0 Å². The van der Waals surface area contributed by atoms with Gasteiger partial charge in [-0.2, -0.15) is 0 Å². The molecule has 0 atom stereocenters. The molecule has 18 heavy (non-hydrogen) atoms. The van der Waals surface area contributed by atoms with E-state index >= 15 is 0 Å². The number of rotatable bonds is 4. The first-order chi connectivity index (χ1) is 8.20. The molecule has 0 fully saturated rings. The minimum atomic E-state index is 0. The Hall–Kier alpha value is -0.790. The molecule has 0 unspecified atom stereocenters. The molecular weight excluding hydrogens is 382 g/mol. The predicted octanol–water partition coefficient (Wildman–Crippen LogP) is 3.75. The maximum Gasteiger partial charge on any atom is 0.188 e. The van der Waals surface area contributed by atoms with Gasteiger partial charge >= 0.3 is 0 Å². The standard InChI is InChI=1S/C11H10BrN3OS.BrH/c1-7-10(9(16)5-12)17-11(14-7)15-8-3-2-4-13-6-8;/h2-4,6H,5H2,1H3,(H,14,15);1H. The summed E-state index contributed by atoms with van der Waals surface area (Å²) in [6.45, 7) is 1.83. The molecule has 96 valence electrons. The third-order valence-corrected chi connectivity index (χ3v) is 3.71. The summed E-state index contributed by atoms with van der Waals surface area (Å²) in [5.41, 5.74) is 1.62. The molecule has 1 N–H and O–H groups in total. The highest BCUT2D eigenvalue weighted by Crippen LogP contribution is 2.26. The number of nitrogens with zero attached hydrogens (tertiary/aromatic N) is 2. The van der Waals surface area contributed by atoms with Crippen LogP contribution in [0.5, 0.6) is 0 Å². The van der Waals surface area contributed by atoms with E-state index in [0.29, 0.717) is 15.3 Å². The van der Waals surface area contributed by atoms with Gasteiger partial charge in [-0.1, -0.05) is 27.3 Å². The number of thiazole rings is 1. The number of alkyl halides is 1. The molecule has 0 radical (unpaired) electrons. The second-order valence-electron chi connectivity index (χ2n) is 3.36. The van der Waals surface area contributed by atoms with E-state index in [1.54, 1.807) is 12.4 Å². The van der Waals surface area contributed by atoms with Gasteiger partial charge in [-0.05, 0) is 19.1 Å². The Kier molecular flexibility index (Phi) is 5.90. The van der Waals surface area contributed by atoms with E-state index in [1.807, 2.05) is 19.1 Å². The second-order valence-corrected chi connectivity index (χ2v) is 4.92. The molecule has 0 aliphatic heterocycles. The number of ketones is 1. The zero-order valence-corrected chi connectivity index (χ0v) is 13.6. The van der Waals surface area contributed by atoms with Gasteiger partial charge in [0, 0.05) is 6.20 Å². The first-order valence-corrected chi connectivity index (χ1v) is 6.88. The minimum absolute atomic E-state index is 0. The number of nitrogens with one attached hydrogen (secondary N) is 1. The quantitative estimate of drug-likeness (QED) is 0.635. The Morgan fingerprint density at radius 1 is 1.56 bits per heavy atom. The average molecular weight is 393 g/mol. The van der Waals surface area contributed by atoms with Crippen LogP contribution in [0, 0.1) is 6.92 Å². The number of halogens is 2. The number of Topliss-reactive ketones (excluding diaryl/α,β-unsaturated/α-hetero) is 1. The van der Waals surface area contributed by atoms with E-state index in [4.69, 9.17) is 0 Å². The zero-order chi connectivity index (χ0) is 12.3. The molecule has 0 saturated carbocycles. The summed E-state index contributed by atoms with van der Waals surface area (Å²) in [6, 6.07) is 3.74. The van der Waals surface area contributed by atoms with Crippen molar-refractivity contribution < 1.29 is 4.79 Å². The lowest BCUT2D eigenvalue weighted by Crippen LogP contribution is -1.98. The van der Waals surface area contributed by atoms with Gasteiger partial charge < -0.3 is 5.32 Å². The number of carbonyl (C=O) groups is 1. The molecule has 7 heteroatoms. The van der Waals surface area contributed by atoms with E-state index in [-0.39, 0.29) is 22.8 Å². The number of hydrogen-bond donors (Lipinski definition) is 1. The van der Waals surface area contributed by atoms with Crippen molar-refractivity contribution in [2.75, 3.05) is 10.6 Å². The normalized spacial score (nSPS) is 9.67. The summed E-state index contributed by atoms with van der Waals surface area (Å²) in [5.74, 6) is 0.0548. The topological polar surface area (TPSA) is 54.9 Å². The van der Waals surface area contributed by atoms with E-state index in [9.17, 15) is 4.79 Å². The van der Waals surface area contributed by atoms with E-state index in [0.717, 1.165) is 11.4 Å². The molecule has 2 aromatic rings. The molecule has 0 amide bonds. The highest BCUT2D eigenvalue weighted by molar-refractivity contribution is 9.09. The van der Waals surface area contributed by atoms with Gasteiger partial charge in [-0.25, -0.2) is 4.98 Å². The summed E-state index contributed by atoms with van der Waals surface area (Å²) < 4.78 is 0. The molecule has 4 nitrogen and oxygen atoms in total. The van der Waals surface area contributed by atoms with Crippen LogP contribution >= 0.6 is 44.2 Å². The van der Waals surface area contributed by atoms with Crippen LogP contribution in [0.3, 0.4) is 0 Å². The van der Waals surface area contributed by atoms with Crippen molar-refractivity contribution in [1.82, 2.24) is 9.97 Å². The Labute approximate surface area is 128 Å². The minimum Gasteiger partial charge on any atom is -0.330 e. The number of hydrogen-bond acceptors (Lipinski definition) is 5. The highest BCUT2D eigenvalue weighted by atomic mass is 79.9. The number of pyridine rings is 1. The number of aromatic nitrogens is 2. The molecule has 0 spiro atoms. The van der Waals surface area contributed by atoms with Crippen LogP contribution in [-0.4, -0.2) is 21.1 Å². The van der Waals surface area contributed by atoms with E-state index < -0.39 is 0 Å². The molecule has 0 aliphatic rings. The SMILES string of the molecule is Br.Cc1nc(Nc2cccnc2)sc1C(=O)CBr. The zero-order valence-electron chi connectivity index (χ0n) is 9.51. The number of anilines is 2. The van der Waals surface area contributed by atoms with Gasteiger partial charge in [0.15, 0.2) is 10.9 Å². The van der Waals surface area contributed by atoms with Gasteiger partial charge in [0.1, 0.15) is 0 Å². The molecule has 2 aromatic heterocycles. The lowest BCUT2D eigenvalue weighted by molar-refractivity contribution is 0.102. The maximum absolute atomic E-state index is 11.6. The summed E-state index contributed by atoms with van der Waals surface area (Å²) in [5, 5.41) is 4.15. The van der Waals surface area contributed by atoms with Crippen molar-refractivity contribution in [2.24, 2.45) is 0 Å². The van der Waals surface area contributed by atoms with Gasteiger partial charge in [0.2, 0.25) is 0 Å². The first kappa shape index (κ1) is 15.3. The lowest BCUT2D eigenvalue weighted by Gasteiger charge is -1.99. The molecule has 2 rings (SSSR count). The summed E-state index contributed by atoms with van der Waals surface area (Å²) in [7, 11) is 0.